The lowest BCUT2D eigenvalue weighted by Crippen LogP contribution is -2.48. The van der Waals surface area contributed by atoms with Gasteiger partial charge in [0, 0.05) is 25.5 Å². The van der Waals surface area contributed by atoms with Gasteiger partial charge >= 0.3 is 0 Å². The van der Waals surface area contributed by atoms with E-state index in [9.17, 15) is 0 Å². The molecule has 0 amide bonds. The first-order valence-electron chi connectivity index (χ1n) is 6.58. The SMILES string of the molecule is CCC(C)(C)CN=C1NC2(CCOCC2)CS1. The standard InChI is InChI=1S/C13H24N2OS/c1-4-12(2,3)9-14-11-15-13(10-17-11)5-7-16-8-6-13/h4-10H2,1-3H3,(H,14,15). The molecule has 2 aliphatic rings. The number of nitrogens with one attached hydrogen (secondary N) is 1. The zero-order chi connectivity index (χ0) is 12.4. The van der Waals surface area contributed by atoms with Crippen molar-refractivity contribution in [2.75, 3.05) is 25.5 Å². The average Bonchev–Trinajstić information content (AvgIpc) is 2.71. The van der Waals surface area contributed by atoms with E-state index in [0.29, 0.717) is 5.41 Å². The highest BCUT2D eigenvalue weighted by atomic mass is 32.2. The molecule has 0 radical (unpaired) electrons. The van der Waals surface area contributed by atoms with Gasteiger partial charge in [0.05, 0.1) is 5.54 Å². The summed E-state index contributed by atoms with van der Waals surface area (Å²) in [5.41, 5.74) is 0.596. The minimum Gasteiger partial charge on any atom is -0.381 e. The van der Waals surface area contributed by atoms with Gasteiger partial charge < -0.3 is 10.1 Å². The Morgan fingerprint density at radius 2 is 2.12 bits per heavy atom. The van der Waals surface area contributed by atoms with Crippen LogP contribution in [-0.2, 0) is 4.74 Å². The Hall–Kier alpha value is -0.220. The fourth-order valence-corrected chi connectivity index (χ4v) is 3.24. The molecule has 2 heterocycles. The van der Waals surface area contributed by atoms with Crippen LogP contribution < -0.4 is 5.32 Å². The molecule has 3 nitrogen and oxygen atoms in total. The summed E-state index contributed by atoms with van der Waals surface area (Å²) in [6, 6.07) is 0. The molecule has 1 N–H and O–H groups in total. The number of aliphatic imine (C=N–C) groups is 1. The van der Waals surface area contributed by atoms with Gasteiger partial charge in [0.25, 0.3) is 0 Å². The molecule has 1 spiro atoms. The van der Waals surface area contributed by atoms with E-state index in [-0.39, 0.29) is 5.54 Å². The number of amidine groups is 1. The van der Waals surface area contributed by atoms with Crippen molar-refractivity contribution in [3.63, 3.8) is 0 Å². The van der Waals surface area contributed by atoms with Crippen molar-refractivity contribution in [3.05, 3.63) is 0 Å². The van der Waals surface area contributed by atoms with Crippen LogP contribution in [0.2, 0.25) is 0 Å². The molecule has 2 fully saturated rings. The molecular formula is C13H24N2OS. The van der Waals surface area contributed by atoms with Crippen molar-refractivity contribution in [1.82, 2.24) is 5.32 Å². The molecule has 0 aromatic carbocycles. The largest absolute Gasteiger partial charge is 0.381 e. The molecule has 0 bridgehead atoms. The third kappa shape index (κ3) is 3.38. The summed E-state index contributed by atoms with van der Waals surface area (Å²) < 4.78 is 5.43. The van der Waals surface area contributed by atoms with Crippen molar-refractivity contribution in [2.45, 2.75) is 45.6 Å². The fraction of sp³-hybridized carbons (Fsp3) is 0.923. The summed E-state index contributed by atoms with van der Waals surface area (Å²) >= 11 is 1.88. The van der Waals surface area contributed by atoms with E-state index >= 15 is 0 Å². The van der Waals surface area contributed by atoms with Gasteiger partial charge in [0.1, 0.15) is 0 Å². The summed E-state index contributed by atoms with van der Waals surface area (Å²) in [5.74, 6) is 1.15. The minimum atomic E-state index is 0.276. The van der Waals surface area contributed by atoms with Gasteiger partial charge in [-0.3, -0.25) is 4.99 Å². The lowest BCUT2D eigenvalue weighted by molar-refractivity contribution is 0.0555. The Morgan fingerprint density at radius 1 is 1.41 bits per heavy atom. The van der Waals surface area contributed by atoms with Gasteiger partial charge in [-0.1, -0.05) is 32.5 Å². The smallest absolute Gasteiger partial charge is 0.157 e. The molecule has 0 aromatic heterocycles. The van der Waals surface area contributed by atoms with Crippen molar-refractivity contribution in [2.24, 2.45) is 10.4 Å². The maximum atomic E-state index is 5.43. The number of rotatable bonds is 3. The van der Waals surface area contributed by atoms with Gasteiger partial charge in [-0.25, -0.2) is 0 Å². The summed E-state index contributed by atoms with van der Waals surface area (Å²) in [5, 5.41) is 4.78. The molecule has 0 saturated carbocycles. The van der Waals surface area contributed by atoms with Crippen LogP contribution in [0.15, 0.2) is 4.99 Å². The molecule has 98 valence electrons. The van der Waals surface area contributed by atoms with Crippen LogP contribution in [0.4, 0.5) is 0 Å². The van der Waals surface area contributed by atoms with E-state index in [4.69, 9.17) is 9.73 Å². The third-order valence-electron chi connectivity index (χ3n) is 3.91. The fourth-order valence-electron chi connectivity index (χ4n) is 2.02. The van der Waals surface area contributed by atoms with Crippen LogP contribution in [0, 0.1) is 5.41 Å². The Bertz CT molecular complexity index is 296. The van der Waals surface area contributed by atoms with Crippen molar-refractivity contribution in [3.8, 4) is 0 Å². The predicted octanol–water partition coefficient (Wildman–Crippen LogP) is 2.66. The molecule has 0 aromatic rings. The Morgan fingerprint density at radius 3 is 2.76 bits per heavy atom. The monoisotopic (exact) mass is 256 g/mol. The van der Waals surface area contributed by atoms with E-state index in [1.807, 2.05) is 11.8 Å². The molecule has 0 unspecified atom stereocenters. The van der Waals surface area contributed by atoms with E-state index in [1.54, 1.807) is 0 Å². The van der Waals surface area contributed by atoms with Gasteiger partial charge in [-0.15, -0.1) is 0 Å². The van der Waals surface area contributed by atoms with Crippen LogP contribution >= 0.6 is 11.8 Å². The molecule has 4 heteroatoms. The Balaban J connectivity index is 1.90. The molecular weight excluding hydrogens is 232 g/mol. The Labute approximate surface area is 109 Å². The van der Waals surface area contributed by atoms with Crippen LogP contribution in [0.1, 0.15) is 40.0 Å². The first-order chi connectivity index (χ1) is 8.05. The number of thioether (sulfide) groups is 1. The zero-order valence-corrected chi connectivity index (χ0v) is 12.0. The first kappa shape index (κ1) is 13.2. The maximum Gasteiger partial charge on any atom is 0.157 e. The normalized spacial score (nSPS) is 26.4. The van der Waals surface area contributed by atoms with Gasteiger partial charge in [0.2, 0.25) is 0 Å². The number of nitrogens with zero attached hydrogens (tertiary/aromatic N) is 1. The van der Waals surface area contributed by atoms with Crippen LogP contribution in [-0.4, -0.2) is 36.2 Å². The van der Waals surface area contributed by atoms with E-state index in [2.05, 4.69) is 26.1 Å². The van der Waals surface area contributed by atoms with E-state index in [1.165, 1.54) is 6.42 Å². The van der Waals surface area contributed by atoms with Gasteiger partial charge in [-0.05, 0) is 24.7 Å². The van der Waals surface area contributed by atoms with Crippen LogP contribution in [0.5, 0.6) is 0 Å². The number of hydrogen-bond acceptors (Lipinski definition) is 3. The van der Waals surface area contributed by atoms with Gasteiger partial charge in [0.15, 0.2) is 5.17 Å². The predicted molar refractivity (Wildman–Crippen MR) is 74.8 cm³/mol. The summed E-state index contributed by atoms with van der Waals surface area (Å²) in [6.45, 7) is 9.49. The second kappa shape index (κ2) is 5.19. The zero-order valence-electron chi connectivity index (χ0n) is 11.2. The topological polar surface area (TPSA) is 33.6 Å². The second-order valence-corrected chi connectivity index (χ2v) is 6.91. The summed E-state index contributed by atoms with van der Waals surface area (Å²) in [7, 11) is 0. The van der Waals surface area contributed by atoms with Crippen LogP contribution in [0.3, 0.4) is 0 Å². The lowest BCUT2D eigenvalue weighted by atomic mass is 9.91. The summed E-state index contributed by atoms with van der Waals surface area (Å²) in [6.07, 6.45) is 3.42. The van der Waals surface area contributed by atoms with Crippen LogP contribution in [0.25, 0.3) is 0 Å². The summed E-state index contributed by atoms with van der Waals surface area (Å²) in [4.78, 5) is 4.74. The molecule has 2 saturated heterocycles. The highest BCUT2D eigenvalue weighted by Crippen LogP contribution is 2.32. The number of ether oxygens (including phenoxy) is 1. The highest BCUT2D eigenvalue weighted by molar-refractivity contribution is 8.14. The number of hydrogen-bond donors (Lipinski definition) is 1. The first-order valence-corrected chi connectivity index (χ1v) is 7.57. The van der Waals surface area contributed by atoms with Crippen molar-refractivity contribution < 1.29 is 4.74 Å². The van der Waals surface area contributed by atoms with Crippen molar-refractivity contribution in [1.29, 1.82) is 0 Å². The second-order valence-electron chi connectivity index (χ2n) is 5.95. The molecule has 17 heavy (non-hydrogen) atoms. The van der Waals surface area contributed by atoms with Gasteiger partial charge in [-0.2, -0.15) is 0 Å². The third-order valence-corrected chi connectivity index (χ3v) is 5.12. The average molecular weight is 256 g/mol. The highest BCUT2D eigenvalue weighted by Gasteiger charge is 2.38. The van der Waals surface area contributed by atoms with E-state index < -0.39 is 0 Å². The Kier molecular flexibility index (Phi) is 4.03. The van der Waals surface area contributed by atoms with Crippen molar-refractivity contribution >= 4 is 16.9 Å². The maximum absolute atomic E-state index is 5.43. The molecule has 2 rings (SSSR count). The lowest BCUT2D eigenvalue weighted by Gasteiger charge is -2.32. The minimum absolute atomic E-state index is 0.276. The quantitative estimate of drug-likeness (QED) is 0.843. The molecule has 0 aliphatic carbocycles. The van der Waals surface area contributed by atoms with E-state index in [0.717, 1.165) is 43.5 Å². The molecule has 0 atom stereocenters. The molecule has 2 aliphatic heterocycles.